The molecule has 2 aromatic rings. The normalized spacial score (nSPS) is 11.9. The highest BCUT2D eigenvalue weighted by Gasteiger charge is 2.21. The smallest absolute Gasteiger partial charge is 0.410 e. The molecule has 1 aromatic heterocycles. The molecule has 9 nitrogen and oxygen atoms in total. The van der Waals surface area contributed by atoms with Crippen molar-refractivity contribution in [2.24, 2.45) is 0 Å². The van der Waals surface area contributed by atoms with Crippen LogP contribution < -0.4 is 10.1 Å². The van der Waals surface area contributed by atoms with Crippen molar-refractivity contribution in [1.29, 1.82) is 0 Å². The molecule has 2 N–H and O–H groups in total. The predicted octanol–water partition coefficient (Wildman–Crippen LogP) is 3.40. The van der Waals surface area contributed by atoms with Crippen molar-refractivity contribution in [3.8, 4) is 29.4 Å². The third-order valence-electron chi connectivity index (χ3n) is 4.36. The predicted molar refractivity (Wildman–Crippen MR) is 126 cm³/mol. The van der Waals surface area contributed by atoms with E-state index in [1.807, 2.05) is 19.9 Å². The van der Waals surface area contributed by atoms with E-state index in [-0.39, 0.29) is 13.3 Å². The number of hydrogen-bond donors (Lipinski definition) is 2. The lowest BCUT2D eigenvalue weighted by atomic mass is 10.0. The van der Waals surface area contributed by atoms with Crippen LogP contribution in [0.1, 0.15) is 38.8 Å². The number of anilines is 1. The maximum Gasteiger partial charge on any atom is 0.410 e. The summed E-state index contributed by atoms with van der Waals surface area (Å²) in [5, 5.41) is 21.7. The number of nitrogens with zero attached hydrogens (tertiary/aromatic N) is 3. The number of ether oxygens (including phenoxy) is 3. The second-order valence-corrected chi connectivity index (χ2v) is 8.39. The zero-order valence-corrected chi connectivity index (χ0v) is 20.0. The van der Waals surface area contributed by atoms with Crippen LogP contribution in [0.4, 0.5) is 10.6 Å². The van der Waals surface area contributed by atoms with Gasteiger partial charge in [0.1, 0.15) is 17.6 Å². The van der Waals surface area contributed by atoms with E-state index in [1.54, 1.807) is 46.0 Å². The van der Waals surface area contributed by atoms with Gasteiger partial charge in [0.25, 0.3) is 0 Å². The number of carbonyl (C=O) groups excluding carboxylic acids is 1. The number of aliphatic hydroxyl groups excluding tert-OH is 1. The summed E-state index contributed by atoms with van der Waals surface area (Å²) in [6.45, 7) is 9.69. The van der Waals surface area contributed by atoms with Crippen LogP contribution in [0.25, 0.3) is 11.3 Å². The summed E-state index contributed by atoms with van der Waals surface area (Å²) in [7, 11) is 1.54. The zero-order chi connectivity index (χ0) is 24.6. The molecule has 0 saturated carbocycles. The Morgan fingerprint density at radius 1 is 1.30 bits per heavy atom. The number of nitrogens with one attached hydrogen (secondary N) is 1. The summed E-state index contributed by atoms with van der Waals surface area (Å²) in [5.41, 5.74) is 2.18. The van der Waals surface area contributed by atoms with Gasteiger partial charge in [-0.2, -0.15) is 0 Å². The molecule has 2 rings (SSSR count). The first kappa shape index (κ1) is 25.9. The quantitative estimate of drug-likeness (QED) is 0.336. The van der Waals surface area contributed by atoms with Gasteiger partial charge in [-0.3, -0.25) is 0 Å². The minimum atomic E-state index is -1.07. The number of benzene rings is 1. The molecule has 1 aromatic carbocycles. The highest BCUT2D eigenvalue weighted by Crippen LogP contribution is 2.32. The maximum absolute atomic E-state index is 12.1. The van der Waals surface area contributed by atoms with Crippen LogP contribution in [0.15, 0.2) is 24.3 Å². The van der Waals surface area contributed by atoms with Crippen molar-refractivity contribution in [1.82, 2.24) is 15.1 Å². The van der Waals surface area contributed by atoms with Crippen molar-refractivity contribution in [3.05, 3.63) is 35.4 Å². The third-order valence-corrected chi connectivity index (χ3v) is 4.36. The Kier molecular flexibility index (Phi) is 9.02. The van der Waals surface area contributed by atoms with Gasteiger partial charge in [0.2, 0.25) is 0 Å². The van der Waals surface area contributed by atoms with Crippen molar-refractivity contribution in [2.75, 3.05) is 32.3 Å². The highest BCUT2D eigenvalue weighted by atomic mass is 16.7. The summed E-state index contributed by atoms with van der Waals surface area (Å²) in [4.78, 5) is 13.4. The molecule has 1 amide bonds. The summed E-state index contributed by atoms with van der Waals surface area (Å²) in [6, 6.07) is 7.12. The summed E-state index contributed by atoms with van der Waals surface area (Å²) in [5.74, 6) is 3.48. The Morgan fingerprint density at radius 2 is 2.03 bits per heavy atom. The van der Waals surface area contributed by atoms with Crippen molar-refractivity contribution < 1.29 is 24.1 Å². The minimum Gasteiger partial charge on any atom is -0.467 e. The van der Waals surface area contributed by atoms with Gasteiger partial charge in [0, 0.05) is 24.8 Å². The van der Waals surface area contributed by atoms with Crippen LogP contribution in [0.2, 0.25) is 0 Å². The lowest BCUT2D eigenvalue weighted by molar-refractivity contribution is 0.0223. The topological polar surface area (TPSA) is 106 Å². The lowest BCUT2D eigenvalue weighted by Gasteiger charge is -2.26. The van der Waals surface area contributed by atoms with Gasteiger partial charge in [0.05, 0.1) is 12.2 Å². The number of amides is 1. The molecule has 0 aliphatic rings. The number of hydrogen-bond acceptors (Lipinski definition) is 8. The SMILES string of the molecule is C#Cc1ccc(-c2nnc(NC(O)CN(C)C(=O)OC(C)(C)C)cc2C)c(OCOCC)c1. The molecule has 0 saturated heterocycles. The van der Waals surface area contributed by atoms with Crippen LogP contribution in [0.5, 0.6) is 5.75 Å². The lowest BCUT2D eigenvalue weighted by Crippen LogP contribution is -2.41. The van der Waals surface area contributed by atoms with Gasteiger partial charge < -0.3 is 29.5 Å². The molecule has 0 fully saturated rings. The standard InChI is InChI=1S/C24H32N4O5/c1-8-17-10-11-18(19(13-17)32-15-31-9-2)22-16(3)12-20(26-27-22)25-21(29)14-28(7)23(30)33-24(4,5)6/h1,10-13,21,29H,9,14-15H2,2-7H3,(H,25,26). The Hall–Kier alpha value is -3.35. The summed E-state index contributed by atoms with van der Waals surface area (Å²) < 4.78 is 16.3. The fourth-order valence-electron chi connectivity index (χ4n) is 2.83. The molecule has 1 unspecified atom stereocenters. The molecule has 178 valence electrons. The molecule has 1 heterocycles. The van der Waals surface area contributed by atoms with Crippen LogP contribution in [-0.2, 0) is 9.47 Å². The van der Waals surface area contributed by atoms with E-state index in [4.69, 9.17) is 20.6 Å². The number of terminal acetylenes is 1. The fourth-order valence-corrected chi connectivity index (χ4v) is 2.83. The number of aromatic nitrogens is 2. The zero-order valence-electron chi connectivity index (χ0n) is 20.0. The van der Waals surface area contributed by atoms with Crippen molar-refractivity contribution in [2.45, 2.75) is 46.4 Å². The average Bonchev–Trinajstić information content (AvgIpc) is 2.73. The Bertz CT molecular complexity index is 997. The van der Waals surface area contributed by atoms with Gasteiger partial charge in [-0.05, 0) is 64.4 Å². The average molecular weight is 457 g/mol. The first-order valence-corrected chi connectivity index (χ1v) is 10.6. The molecular weight excluding hydrogens is 424 g/mol. The number of likely N-dealkylation sites (N-methyl/N-ethyl adjacent to an activating group) is 1. The van der Waals surface area contributed by atoms with Gasteiger partial charge in [-0.15, -0.1) is 16.6 Å². The number of carbonyl (C=O) groups is 1. The van der Waals surface area contributed by atoms with Crippen molar-refractivity contribution in [3.63, 3.8) is 0 Å². The molecule has 9 heteroatoms. The number of rotatable bonds is 9. The first-order valence-electron chi connectivity index (χ1n) is 10.6. The third kappa shape index (κ3) is 7.93. The molecule has 0 aliphatic heterocycles. The van der Waals surface area contributed by atoms with E-state index in [9.17, 15) is 9.90 Å². The highest BCUT2D eigenvalue weighted by molar-refractivity contribution is 5.71. The molecule has 0 bridgehead atoms. The van der Waals surface area contributed by atoms with E-state index in [0.29, 0.717) is 29.4 Å². The number of aliphatic hydroxyl groups is 1. The largest absolute Gasteiger partial charge is 0.467 e. The van der Waals surface area contributed by atoms with Gasteiger partial charge >= 0.3 is 6.09 Å². The molecule has 0 aliphatic carbocycles. The van der Waals surface area contributed by atoms with E-state index in [2.05, 4.69) is 21.4 Å². The van der Waals surface area contributed by atoms with Crippen molar-refractivity contribution >= 4 is 11.9 Å². The molecule has 0 radical (unpaired) electrons. The maximum atomic E-state index is 12.1. The van der Waals surface area contributed by atoms with Gasteiger partial charge in [-0.25, -0.2) is 4.79 Å². The molecule has 1 atom stereocenters. The van der Waals surface area contributed by atoms with Crippen LogP contribution in [0.3, 0.4) is 0 Å². The van der Waals surface area contributed by atoms with Gasteiger partial charge in [-0.1, -0.05) is 5.92 Å². The summed E-state index contributed by atoms with van der Waals surface area (Å²) in [6.07, 6.45) is 3.91. The Balaban J connectivity index is 2.14. The van der Waals surface area contributed by atoms with E-state index in [0.717, 1.165) is 11.1 Å². The monoisotopic (exact) mass is 456 g/mol. The molecular formula is C24H32N4O5. The van der Waals surface area contributed by atoms with E-state index >= 15 is 0 Å². The van der Waals surface area contributed by atoms with Gasteiger partial charge in [0.15, 0.2) is 12.6 Å². The minimum absolute atomic E-state index is 0.000357. The fraction of sp³-hybridized carbons (Fsp3) is 0.458. The molecule has 33 heavy (non-hydrogen) atoms. The Morgan fingerprint density at radius 3 is 2.64 bits per heavy atom. The first-order chi connectivity index (χ1) is 15.5. The second-order valence-electron chi connectivity index (χ2n) is 8.39. The summed E-state index contributed by atoms with van der Waals surface area (Å²) >= 11 is 0. The van der Waals surface area contributed by atoms with E-state index in [1.165, 1.54) is 4.90 Å². The van der Waals surface area contributed by atoms with Crippen LogP contribution >= 0.6 is 0 Å². The van der Waals surface area contributed by atoms with E-state index < -0.39 is 17.9 Å². The van der Waals surface area contributed by atoms with Crippen LogP contribution in [0, 0.1) is 19.3 Å². The molecule has 0 spiro atoms. The number of aryl methyl sites for hydroxylation is 1. The van der Waals surface area contributed by atoms with Crippen LogP contribution in [-0.4, -0.2) is 65.1 Å². The Labute approximate surface area is 195 Å². The second kappa shape index (κ2) is 11.5.